The van der Waals surface area contributed by atoms with Gasteiger partial charge in [-0.05, 0) is 30.6 Å². The van der Waals surface area contributed by atoms with Crippen LogP contribution in [0.5, 0.6) is 0 Å². The van der Waals surface area contributed by atoms with E-state index in [1.165, 1.54) is 37.3 Å². The van der Waals surface area contributed by atoms with Gasteiger partial charge in [-0.25, -0.2) is 0 Å². The Morgan fingerprint density at radius 3 is 2.19 bits per heavy atom. The van der Waals surface area contributed by atoms with Crippen LogP contribution in [0.1, 0.15) is 53.9 Å². The molecule has 98 valence electrons. The number of hydrogen-bond donors (Lipinski definition) is 1. The molecule has 3 unspecified atom stereocenters. The Morgan fingerprint density at radius 2 is 1.69 bits per heavy atom. The van der Waals surface area contributed by atoms with Gasteiger partial charge >= 0.3 is 0 Å². The number of hydrogen-bond acceptors (Lipinski definition) is 2. The molecule has 0 heterocycles. The highest BCUT2D eigenvalue weighted by Gasteiger charge is 2.14. The summed E-state index contributed by atoms with van der Waals surface area (Å²) < 4.78 is 0. The number of thioether (sulfide) groups is 1. The molecule has 0 bridgehead atoms. The van der Waals surface area contributed by atoms with Crippen molar-refractivity contribution in [2.45, 2.75) is 59.9 Å². The molecule has 0 aromatic rings. The van der Waals surface area contributed by atoms with Crippen LogP contribution in [0.3, 0.4) is 0 Å². The number of nitrogens with one attached hydrogen (secondary N) is 1. The molecule has 2 heteroatoms. The first-order chi connectivity index (χ1) is 7.65. The molecule has 0 fully saturated rings. The largest absolute Gasteiger partial charge is 0.313 e. The minimum atomic E-state index is 0.707. The Labute approximate surface area is 107 Å². The van der Waals surface area contributed by atoms with Crippen molar-refractivity contribution in [1.29, 1.82) is 0 Å². The molecule has 16 heavy (non-hydrogen) atoms. The lowest BCUT2D eigenvalue weighted by Crippen LogP contribution is -2.37. The van der Waals surface area contributed by atoms with Crippen molar-refractivity contribution in [2.75, 3.05) is 18.1 Å². The molecule has 0 rings (SSSR count). The molecular formula is C14H31NS. The van der Waals surface area contributed by atoms with E-state index in [2.05, 4.69) is 51.7 Å². The second kappa shape index (κ2) is 10.5. The van der Waals surface area contributed by atoms with Crippen molar-refractivity contribution in [3.05, 3.63) is 0 Å². The first kappa shape index (κ1) is 16.3. The minimum Gasteiger partial charge on any atom is -0.313 e. The lowest BCUT2D eigenvalue weighted by atomic mass is 10.0. The Bertz CT molecular complexity index is 150. The summed E-state index contributed by atoms with van der Waals surface area (Å²) in [7, 11) is 0. The smallest absolute Gasteiger partial charge is 0.0183 e. The third-order valence-corrected chi connectivity index (χ3v) is 4.78. The summed E-state index contributed by atoms with van der Waals surface area (Å²) in [6, 6.07) is 0.707. The molecule has 0 saturated heterocycles. The van der Waals surface area contributed by atoms with Crippen molar-refractivity contribution in [2.24, 2.45) is 11.8 Å². The van der Waals surface area contributed by atoms with E-state index in [9.17, 15) is 0 Å². The SMILES string of the molecule is CCCNC(CSCC(C)CC)C(C)CC. The van der Waals surface area contributed by atoms with E-state index in [1.54, 1.807) is 0 Å². The Hall–Kier alpha value is 0.310. The molecule has 0 aromatic heterocycles. The van der Waals surface area contributed by atoms with Crippen LogP contribution in [0.2, 0.25) is 0 Å². The zero-order chi connectivity index (χ0) is 12.4. The van der Waals surface area contributed by atoms with Crippen LogP contribution in [0.4, 0.5) is 0 Å². The van der Waals surface area contributed by atoms with Crippen molar-refractivity contribution in [3.8, 4) is 0 Å². The normalized spacial score (nSPS) is 17.1. The van der Waals surface area contributed by atoms with E-state index in [0.29, 0.717) is 6.04 Å². The highest BCUT2D eigenvalue weighted by atomic mass is 32.2. The molecule has 0 aliphatic rings. The van der Waals surface area contributed by atoms with E-state index in [0.717, 1.165) is 11.8 Å². The third kappa shape index (κ3) is 7.56. The van der Waals surface area contributed by atoms with Gasteiger partial charge in [0.2, 0.25) is 0 Å². The third-order valence-electron chi connectivity index (χ3n) is 3.38. The van der Waals surface area contributed by atoms with Gasteiger partial charge in [0.05, 0.1) is 0 Å². The topological polar surface area (TPSA) is 12.0 Å². The molecule has 1 nitrogen and oxygen atoms in total. The van der Waals surface area contributed by atoms with E-state index < -0.39 is 0 Å². The lowest BCUT2D eigenvalue weighted by Gasteiger charge is -2.24. The van der Waals surface area contributed by atoms with Crippen LogP contribution in [0.15, 0.2) is 0 Å². The molecule has 0 saturated carbocycles. The average molecular weight is 245 g/mol. The van der Waals surface area contributed by atoms with Crippen LogP contribution in [0.25, 0.3) is 0 Å². The molecule has 0 aromatic carbocycles. The maximum atomic E-state index is 3.69. The summed E-state index contributed by atoms with van der Waals surface area (Å²) >= 11 is 2.13. The monoisotopic (exact) mass is 245 g/mol. The Morgan fingerprint density at radius 1 is 1.00 bits per heavy atom. The summed E-state index contributed by atoms with van der Waals surface area (Å²) in [4.78, 5) is 0. The fourth-order valence-electron chi connectivity index (χ4n) is 1.55. The highest BCUT2D eigenvalue weighted by molar-refractivity contribution is 7.99. The first-order valence-corrected chi connectivity index (χ1v) is 8.12. The molecule has 3 atom stereocenters. The van der Waals surface area contributed by atoms with Crippen LogP contribution in [0, 0.1) is 11.8 Å². The van der Waals surface area contributed by atoms with E-state index in [-0.39, 0.29) is 0 Å². The van der Waals surface area contributed by atoms with Crippen LogP contribution in [-0.4, -0.2) is 24.1 Å². The molecule has 0 radical (unpaired) electrons. The van der Waals surface area contributed by atoms with Gasteiger partial charge in [0.25, 0.3) is 0 Å². The van der Waals surface area contributed by atoms with Gasteiger partial charge in [0.15, 0.2) is 0 Å². The van der Waals surface area contributed by atoms with Crippen molar-refractivity contribution >= 4 is 11.8 Å². The lowest BCUT2D eigenvalue weighted by molar-refractivity contribution is 0.396. The van der Waals surface area contributed by atoms with Crippen molar-refractivity contribution in [1.82, 2.24) is 5.32 Å². The zero-order valence-corrected chi connectivity index (χ0v) is 12.7. The van der Waals surface area contributed by atoms with E-state index in [4.69, 9.17) is 0 Å². The van der Waals surface area contributed by atoms with Crippen LogP contribution >= 0.6 is 11.8 Å². The summed E-state index contributed by atoms with van der Waals surface area (Å²) in [5, 5.41) is 3.69. The van der Waals surface area contributed by atoms with Gasteiger partial charge in [-0.3, -0.25) is 0 Å². The predicted octanol–water partition coefficient (Wildman–Crippen LogP) is 4.18. The molecular weight excluding hydrogens is 214 g/mol. The highest BCUT2D eigenvalue weighted by Crippen LogP contribution is 2.17. The maximum absolute atomic E-state index is 3.69. The minimum absolute atomic E-state index is 0.707. The van der Waals surface area contributed by atoms with Gasteiger partial charge in [-0.1, -0.05) is 47.5 Å². The second-order valence-corrected chi connectivity index (χ2v) is 6.07. The van der Waals surface area contributed by atoms with Gasteiger partial charge in [0.1, 0.15) is 0 Å². The second-order valence-electron chi connectivity index (χ2n) is 5.00. The average Bonchev–Trinajstić information content (AvgIpc) is 2.32. The fourth-order valence-corrected chi connectivity index (χ4v) is 3.03. The maximum Gasteiger partial charge on any atom is 0.0183 e. The van der Waals surface area contributed by atoms with E-state index >= 15 is 0 Å². The summed E-state index contributed by atoms with van der Waals surface area (Å²) in [5.41, 5.74) is 0. The Kier molecular flexibility index (Phi) is 10.7. The van der Waals surface area contributed by atoms with Crippen molar-refractivity contribution < 1.29 is 0 Å². The van der Waals surface area contributed by atoms with Gasteiger partial charge in [0, 0.05) is 11.8 Å². The first-order valence-electron chi connectivity index (χ1n) is 6.96. The zero-order valence-electron chi connectivity index (χ0n) is 11.9. The summed E-state index contributed by atoms with van der Waals surface area (Å²) in [6.45, 7) is 12.7. The quantitative estimate of drug-likeness (QED) is 0.619. The molecule has 0 aliphatic carbocycles. The van der Waals surface area contributed by atoms with Crippen LogP contribution in [-0.2, 0) is 0 Å². The van der Waals surface area contributed by atoms with E-state index in [1.807, 2.05) is 0 Å². The summed E-state index contributed by atoms with van der Waals surface area (Å²) in [5.74, 6) is 4.26. The van der Waals surface area contributed by atoms with Gasteiger partial charge in [-0.2, -0.15) is 11.8 Å². The standard InChI is InChI=1S/C14H31NS/c1-6-9-15-14(13(5)8-3)11-16-10-12(4)7-2/h12-15H,6-11H2,1-5H3. The van der Waals surface area contributed by atoms with Gasteiger partial charge in [-0.15, -0.1) is 0 Å². The Balaban J connectivity index is 3.82. The molecule has 1 N–H and O–H groups in total. The molecule has 0 spiro atoms. The molecule has 0 aliphatic heterocycles. The van der Waals surface area contributed by atoms with Crippen molar-refractivity contribution in [3.63, 3.8) is 0 Å². The van der Waals surface area contributed by atoms with Crippen LogP contribution < -0.4 is 5.32 Å². The van der Waals surface area contributed by atoms with Gasteiger partial charge < -0.3 is 5.32 Å². The fraction of sp³-hybridized carbons (Fsp3) is 1.00. The number of rotatable bonds is 10. The summed E-state index contributed by atoms with van der Waals surface area (Å²) in [6.07, 6.45) is 3.83. The predicted molar refractivity (Wildman–Crippen MR) is 78.3 cm³/mol. The molecule has 0 amide bonds.